The molecule has 92 valence electrons. The molecule has 0 bridgehead atoms. The van der Waals surface area contributed by atoms with Crippen molar-refractivity contribution in [2.45, 2.75) is 40.2 Å². The molecule has 0 atom stereocenters. The van der Waals surface area contributed by atoms with E-state index < -0.39 is 0 Å². The van der Waals surface area contributed by atoms with Gasteiger partial charge >= 0.3 is 5.97 Å². The minimum absolute atomic E-state index is 0.0306. The highest BCUT2D eigenvalue weighted by Crippen LogP contribution is 2.22. The Kier molecular flexibility index (Phi) is 3.05. The number of carbonyl (C=O) groups excluding carboxylic acids is 1. The average molecular weight is 235 g/mol. The molecule has 2 heterocycles. The van der Waals surface area contributed by atoms with Gasteiger partial charge in [0.05, 0.1) is 12.2 Å². The second-order valence-electron chi connectivity index (χ2n) is 4.35. The van der Waals surface area contributed by atoms with Crippen LogP contribution in [-0.4, -0.2) is 17.1 Å². The maximum atomic E-state index is 12.0. The zero-order valence-electron chi connectivity index (χ0n) is 10.5. The number of pyridine rings is 1. The van der Waals surface area contributed by atoms with Crippen molar-refractivity contribution in [2.75, 3.05) is 6.61 Å². The molecule has 0 radical (unpaired) electrons. The fraction of sp³-hybridized carbons (Fsp3) is 0.538. The van der Waals surface area contributed by atoms with Crippen LogP contribution >= 0.6 is 0 Å². The molecule has 0 N–H and O–H groups in total. The van der Waals surface area contributed by atoms with Crippen molar-refractivity contribution in [1.29, 1.82) is 0 Å². The van der Waals surface area contributed by atoms with E-state index in [1.807, 2.05) is 6.92 Å². The van der Waals surface area contributed by atoms with Gasteiger partial charge in [-0.3, -0.25) is 4.79 Å². The Morgan fingerprint density at radius 3 is 2.71 bits per heavy atom. The third kappa shape index (κ3) is 1.77. The molecule has 4 nitrogen and oxygen atoms in total. The summed E-state index contributed by atoms with van der Waals surface area (Å²) in [5.74, 6) is -0.307. The van der Waals surface area contributed by atoms with Crippen molar-refractivity contribution in [1.82, 2.24) is 4.57 Å². The fourth-order valence-electron chi connectivity index (χ4n) is 2.40. The molecule has 0 unspecified atom stereocenters. The third-order valence-electron chi connectivity index (χ3n) is 3.39. The van der Waals surface area contributed by atoms with E-state index in [9.17, 15) is 9.59 Å². The lowest BCUT2D eigenvalue weighted by molar-refractivity contribution is 0.0523. The van der Waals surface area contributed by atoms with Crippen molar-refractivity contribution in [3.63, 3.8) is 0 Å². The van der Waals surface area contributed by atoms with Gasteiger partial charge in [0.2, 0.25) is 0 Å². The largest absolute Gasteiger partial charge is 0.462 e. The van der Waals surface area contributed by atoms with Crippen LogP contribution in [0, 0.1) is 13.8 Å². The minimum Gasteiger partial charge on any atom is -0.462 e. The molecule has 0 fully saturated rings. The minimum atomic E-state index is -0.307. The third-order valence-corrected chi connectivity index (χ3v) is 3.39. The highest BCUT2D eigenvalue weighted by Gasteiger charge is 2.25. The number of esters is 1. The number of nitrogens with zero attached hydrogens (tertiary/aromatic N) is 1. The second-order valence-corrected chi connectivity index (χ2v) is 4.35. The number of ether oxygens (including phenoxy) is 1. The topological polar surface area (TPSA) is 48.3 Å². The van der Waals surface area contributed by atoms with E-state index in [0.717, 1.165) is 24.1 Å². The first kappa shape index (κ1) is 11.9. The number of aromatic nitrogens is 1. The van der Waals surface area contributed by atoms with Gasteiger partial charge in [0.1, 0.15) is 0 Å². The summed E-state index contributed by atoms with van der Waals surface area (Å²) in [6.07, 6.45) is 1.70. The van der Waals surface area contributed by atoms with Gasteiger partial charge in [0.15, 0.2) is 0 Å². The summed E-state index contributed by atoms with van der Waals surface area (Å²) in [4.78, 5) is 24.0. The van der Waals surface area contributed by atoms with E-state index in [1.165, 1.54) is 0 Å². The van der Waals surface area contributed by atoms with Gasteiger partial charge in [-0.2, -0.15) is 0 Å². The van der Waals surface area contributed by atoms with Crippen molar-refractivity contribution >= 4 is 5.97 Å². The van der Waals surface area contributed by atoms with Crippen LogP contribution in [0.3, 0.4) is 0 Å². The highest BCUT2D eigenvalue weighted by atomic mass is 16.5. The zero-order chi connectivity index (χ0) is 12.6. The Hall–Kier alpha value is -1.58. The molecule has 2 rings (SSSR count). The SMILES string of the molecule is CCOC(=O)c1c(C)c(C)c(=O)n2c1CCC2. The summed E-state index contributed by atoms with van der Waals surface area (Å²) in [6, 6.07) is 0. The van der Waals surface area contributed by atoms with Crippen LogP contribution in [0.4, 0.5) is 0 Å². The van der Waals surface area contributed by atoms with Gasteiger partial charge in [-0.25, -0.2) is 4.79 Å². The second kappa shape index (κ2) is 4.35. The molecule has 0 amide bonds. The Morgan fingerprint density at radius 1 is 1.35 bits per heavy atom. The zero-order valence-corrected chi connectivity index (χ0v) is 10.5. The Balaban J connectivity index is 2.67. The van der Waals surface area contributed by atoms with Gasteiger partial charge in [-0.05, 0) is 39.2 Å². The number of hydrogen-bond donors (Lipinski definition) is 0. The number of fused-ring (bicyclic) bond motifs is 1. The maximum absolute atomic E-state index is 12.0. The standard InChI is InChI=1S/C13H17NO3/c1-4-17-13(16)11-8(2)9(3)12(15)14-7-5-6-10(11)14/h4-7H2,1-3H3. The molecule has 0 saturated carbocycles. The molecule has 4 heteroatoms. The average Bonchev–Trinajstić information content (AvgIpc) is 2.75. The van der Waals surface area contributed by atoms with Crippen LogP contribution in [0.25, 0.3) is 0 Å². The van der Waals surface area contributed by atoms with E-state index >= 15 is 0 Å². The van der Waals surface area contributed by atoms with E-state index in [4.69, 9.17) is 4.74 Å². The summed E-state index contributed by atoms with van der Waals surface area (Å²) >= 11 is 0. The van der Waals surface area contributed by atoms with Gasteiger partial charge in [0.25, 0.3) is 5.56 Å². The normalized spacial score (nSPS) is 13.6. The molecular formula is C13H17NO3. The number of rotatable bonds is 2. The van der Waals surface area contributed by atoms with Crippen molar-refractivity contribution in [2.24, 2.45) is 0 Å². The van der Waals surface area contributed by atoms with E-state index in [1.54, 1.807) is 18.4 Å². The lowest BCUT2D eigenvalue weighted by Crippen LogP contribution is -2.27. The quantitative estimate of drug-likeness (QED) is 0.731. The van der Waals surface area contributed by atoms with Crippen LogP contribution in [0.1, 0.15) is 40.5 Å². The van der Waals surface area contributed by atoms with Gasteiger partial charge in [-0.15, -0.1) is 0 Å². The predicted molar refractivity (Wildman–Crippen MR) is 64.5 cm³/mol. The molecule has 1 aliphatic heterocycles. The molecule has 1 aromatic heterocycles. The molecule has 17 heavy (non-hydrogen) atoms. The summed E-state index contributed by atoms with van der Waals surface area (Å²) in [5, 5.41) is 0. The number of carbonyl (C=O) groups is 1. The Bertz CT molecular complexity index is 528. The van der Waals surface area contributed by atoms with Gasteiger partial charge in [-0.1, -0.05) is 0 Å². The predicted octanol–water partition coefficient (Wildman–Crippen LogP) is 1.59. The van der Waals surface area contributed by atoms with Gasteiger partial charge < -0.3 is 9.30 Å². The summed E-state index contributed by atoms with van der Waals surface area (Å²) < 4.78 is 6.79. The smallest absolute Gasteiger partial charge is 0.340 e. The highest BCUT2D eigenvalue weighted by molar-refractivity contribution is 5.92. The van der Waals surface area contributed by atoms with Crippen LogP contribution in [0.5, 0.6) is 0 Å². The summed E-state index contributed by atoms with van der Waals surface area (Å²) in [7, 11) is 0. The first-order chi connectivity index (χ1) is 8.07. The Morgan fingerprint density at radius 2 is 2.06 bits per heavy atom. The maximum Gasteiger partial charge on any atom is 0.340 e. The summed E-state index contributed by atoms with van der Waals surface area (Å²) in [5.41, 5.74) is 2.89. The molecule has 0 saturated heterocycles. The molecular weight excluding hydrogens is 218 g/mol. The van der Waals surface area contributed by atoms with Crippen LogP contribution in [0.2, 0.25) is 0 Å². The van der Waals surface area contributed by atoms with Crippen molar-refractivity contribution in [3.05, 3.63) is 32.7 Å². The van der Waals surface area contributed by atoms with E-state index in [0.29, 0.717) is 24.3 Å². The molecule has 0 aliphatic carbocycles. The van der Waals surface area contributed by atoms with Gasteiger partial charge in [0, 0.05) is 17.8 Å². The number of hydrogen-bond acceptors (Lipinski definition) is 3. The lowest BCUT2D eigenvalue weighted by Gasteiger charge is -2.14. The van der Waals surface area contributed by atoms with Crippen molar-refractivity contribution < 1.29 is 9.53 Å². The first-order valence-corrected chi connectivity index (χ1v) is 5.98. The van der Waals surface area contributed by atoms with Crippen LogP contribution in [0.15, 0.2) is 4.79 Å². The molecule has 1 aromatic rings. The Labute approximate surface area is 100 Å². The summed E-state index contributed by atoms with van der Waals surface area (Å²) in [6.45, 7) is 6.45. The van der Waals surface area contributed by atoms with Crippen molar-refractivity contribution in [3.8, 4) is 0 Å². The van der Waals surface area contributed by atoms with E-state index in [-0.39, 0.29) is 11.5 Å². The fourth-order valence-corrected chi connectivity index (χ4v) is 2.40. The molecule has 0 spiro atoms. The molecule has 0 aromatic carbocycles. The van der Waals surface area contributed by atoms with Crippen LogP contribution < -0.4 is 5.56 Å². The first-order valence-electron chi connectivity index (χ1n) is 5.98. The molecule has 1 aliphatic rings. The monoisotopic (exact) mass is 235 g/mol. The lowest BCUT2D eigenvalue weighted by atomic mass is 10.0. The van der Waals surface area contributed by atoms with Crippen LogP contribution in [-0.2, 0) is 17.7 Å². The van der Waals surface area contributed by atoms with E-state index in [2.05, 4.69) is 0 Å².